The largest absolute Gasteiger partial charge is 0.364 e. The summed E-state index contributed by atoms with van der Waals surface area (Å²) >= 11 is 0. The number of aromatic nitrogens is 1. The molecule has 0 saturated heterocycles. The molecule has 0 aliphatic heterocycles. The highest BCUT2D eigenvalue weighted by Crippen LogP contribution is 1.88. The maximum absolute atomic E-state index is 10.4. The summed E-state index contributed by atoms with van der Waals surface area (Å²) in [6.07, 6.45) is 1.53. The first kappa shape index (κ1) is 13.7. The molecule has 0 aliphatic rings. The lowest BCUT2D eigenvalue weighted by atomic mass is 10.3. The van der Waals surface area contributed by atoms with E-state index in [0.29, 0.717) is 5.69 Å². The Morgan fingerprint density at radius 1 is 1.25 bits per heavy atom. The van der Waals surface area contributed by atoms with Gasteiger partial charge in [0.2, 0.25) is 0 Å². The predicted octanol–water partition coefficient (Wildman–Crippen LogP) is -0.692. The number of carbonyl (C=O) groups is 2. The molecule has 9 heteroatoms. The van der Waals surface area contributed by atoms with Gasteiger partial charge in [-0.25, -0.2) is 4.79 Å². The average molecular weight is 244 g/mol. The van der Waals surface area contributed by atoms with Crippen molar-refractivity contribution in [3.8, 4) is 0 Å². The van der Waals surface area contributed by atoms with Gasteiger partial charge in [-0.2, -0.15) is 8.42 Å². The predicted molar refractivity (Wildman–Crippen MR) is 53.7 cm³/mol. The normalized spacial score (nSPS) is 8.25. The highest BCUT2D eigenvalue weighted by atomic mass is 32.2. The second-order valence-electron chi connectivity index (χ2n) is 2.23. The summed E-state index contributed by atoms with van der Waals surface area (Å²) in [7, 11) is -2.70. The summed E-state index contributed by atoms with van der Waals surface area (Å²) in [5.74, 6) is -0.490. The van der Waals surface area contributed by atoms with Crippen LogP contribution in [0.25, 0.3) is 0 Å². The topological polar surface area (TPSA) is 146 Å². The van der Waals surface area contributed by atoms with Crippen LogP contribution in [0.15, 0.2) is 28.8 Å². The van der Waals surface area contributed by atoms with Gasteiger partial charge in [0, 0.05) is 6.20 Å². The first-order valence-electron chi connectivity index (χ1n) is 3.75. The van der Waals surface area contributed by atoms with E-state index >= 15 is 0 Å². The lowest BCUT2D eigenvalue weighted by molar-refractivity contribution is 0.0995. The number of hydrogen-bond acceptors (Lipinski definition) is 5. The molecule has 0 spiro atoms. The molecule has 0 bridgehead atoms. The van der Waals surface area contributed by atoms with Gasteiger partial charge in [0.25, 0.3) is 5.91 Å². The van der Waals surface area contributed by atoms with E-state index in [2.05, 4.69) is 15.1 Å². The fourth-order valence-electron chi connectivity index (χ4n) is 0.582. The van der Waals surface area contributed by atoms with Gasteiger partial charge in [0.05, 0.1) is 0 Å². The van der Waals surface area contributed by atoms with Crippen LogP contribution in [0.2, 0.25) is 0 Å². The number of nitrogens with two attached hydrogens (primary N) is 2. The van der Waals surface area contributed by atoms with Crippen molar-refractivity contribution in [1.29, 1.82) is 0 Å². The monoisotopic (exact) mass is 244 g/mol. The maximum atomic E-state index is 10.4. The van der Waals surface area contributed by atoms with E-state index in [1.54, 1.807) is 18.2 Å². The SMILES string of the molecule is NC(=O)N=S(=O)=O.NC(=O)c1ccccn1. The second-order valence-corrected chi connectivity index (χ2v) is 2.84. The van der Waals surface area contributed by atoms with Gasteiger partial charge in [0.15, 0.2) is 0 Å². The molecular formula is C7H8N4O4S. The van der Waals surface area contributed by atoms with Gasteiger partial charge in [-0.3, -0.25) is 9.78 Å². The minimum Gasteiger partial charge on any atom is -0.364 e. The molecule has 0 saturated carbocycles. The van der Waals surface area contributed by atoms with E-state index in [9.17, 15) is 18.0 Å². The van der Waals surface area contributed by atoms with Crippen LogP contribution < -0.4 is 11.5 Å². The van der Waals surface area contributed by atoms with Crippen LogP contribution in [0.1, 0.15) is 10.5 Å². The van der Waals surface area contributed by atoms with Crippen molar-refractivity contribution < 1.29 is 18.0 Å². The third-order valence-corrected chi connectivity index (χ3v) is 1.41. The third kappa shape index (κ3) is 7.15. The smallest absolute Gasteiger partial charge is 0.353 e. The van der Waals surface area contributed by atoms with Gasteiger partial charge in [-0.15, -0.1) is 0 Å². The third-order valence-electron chi connectivity index (χ3n) is 1.08. The molecule has 0 fully saturated rings. The molecule has 16 heavy (non-hydrogen) atoms. The van der Waals surface area contributed by atoms with Crippen LogP contribution in [0.4, 0.5) is 4.79 Å². The standard InChI is InChI=1S/C6H6N2O.CH2N2O3S/c7-6(9)5-3-1-2-4-8-5;2-1(4)3-7(5)6/h1-4H,(H2,7,9);(H2,2,4). The van der Waals surface area contributed by atoms with Crippen LogP contribution in [-0.2, 0) is 10.5 Å². The Balaban J connectivity index is 0.000000293. The van der Waals surface area contributed by atoms with Crippen molar-refractivity contribution >= 4 is 22.4 Å². The van der Waals surface area contributed by atoms with Crippen LogP contribution in [0, 0.1) is 0 Å². The van der Waals surface area contributed by atoms with E-state index in [4.69, 9.17) is 5.73 Å². The Bertz CT molecular complexity index is 488. The molecule has 1 rings (SSSR count). The molecule has 0 radical (unpaired) electrons. The fraction of sp³-hybridized carbons (Fsp3) is 0. The quantitative estimate of drug-likeness (QED) is 0.671. The molecule has 1 aromatic rings. The molecule has 3 amide bonds. The highest BCUT2D eigenvalue weighted by Gasteiger charge is 1.95. The van der Waals surface area contributed by atoms with E-state index < -0.39 is 22.4 Å². The van der Waals surface area contributed by atoms with Crippen molar-refractivity contribution in [3.05, 3.63) is 30.1 Å². The lowest BCUT2D eigenvalue weighted by Gasteiger charge is -1.88. The minimum absolute atomic E-state index is 0.303. The van der Waals surface area contributed by atoms with Crippen LogP contribution in [-0.4, -0.2) is 25.3 Å². The van der Waals surface area contributed by atoms with Gasteiger partial charge in [-0.1, -0.05) is 10.4 Å². The summed E-state index contributed by atoms with van der Waals surface area (Å²) in [5, 5.41) is 0. The number of nitrogens with zero attached hydrogens (tertiary/aromatic N) is 2. The molecule has 1 heterocycles. The van der Waals surface area contributed by atoms with Gasteiger partial charge in [-0.05, 0) is 12.1 Å². The molecule has 0 unspecified atom stereocenters. The van der Waals surface area contributed by atoms with Crippen LogP contribution >= 0.6 is 0 Å². The van der Waals surface area contributed by atoms with E-state index in [-0.39, 0.29) is 0 Å². The minimum atomic E-state index is -2.70. The first-order chi connectivity index (χ1) is 7.43. The number of amides is 3. The van der Waals surface area contributed by atoms with Crippen molar-refractivity contribution in [3.63, 3.8) is 0 Å². The zero-order chi connectivity index (χ0) is 12.6. The van der Waals surface area contributed by atoms with Crippen molar-refractivity contribution in [2.45, 2.75) is 0 Å². The summed E-state index contributed by atoms with van der Waals surface area (Å²) < 4.78 is 21.0. The molecule has 0 aromatic carbocycles. The Kier molecular flexibility index (Phi) is 6.05. The number of carbonyl (C=O) groups excluding carboxylic acids is 2. The lowest BCUT2D eigenvalue weighted by Crippen LogP contribution is -2.12. The summed E-state index contributed by atoms with van der Waals surface area (Å²) in [5.41, 5.74) is 9.51. The summed E-state index contributed by atoms with van der Waals surface area (Å²) in [4.78, 5) is 23.5. The molecule has 1 aromatic heterocycles. The second kappa shape index (κ2) is 7.06. The Labute approximate surface area is 92.0 Å². The molecule has 4 N–H and O–H groups in total. The number of urea groups is 1. The van der Waals surface area contributed by atoms with Gasteiger partial charge in [0.1, 0.15) is 5.69 Å². The number of pyridine rings is 1. The van der Waals surface area contributed by atoms with Gasteiger partial charge < -0.3 is 11.5 Å². The van der Waals surface area contributed by atoms with E-state index in [0.717, 1.165) is 0 Å². The highest BCUT2D eigenvalue weighted by molar-refractivity contribution is 7.62. The molecule has 8 nitrogen and oxygen atoms in total. The zero-order valence-electron chi connectivity index (χ0n) is 7.90. The van der Waals surface area contributed by atoms with Gasteiger partial charge >= 0.3 is 16.5 Å². The first-order valence-corrected chi connectivity index (χ1v) is 4.78. The molecular weight excluding hydrogens is 236 g/mol. The van der Waals surface area contributed by atoms with Crippen molar-refractivity contribution in [2.75, 3.05) is 0 Å². The average Bonchev–Trinajstić information content (AvgIpc) is 2.17. The Morgan fingerprint density at radius 3 is 2.06 bits per heavy atom. The Morgan fingerprint density at radius 2 is 1.88 bits per heavy atom. The maximum Gasteiger partial charge on any atom is 0.353 e. The molecule has 0 aliphatic carbocycles. The summed E-state index contributed by atoms with van der Waals surface area (Å²) in [6.45, 7) is 0. The van der Waals surface area contributed by atoms with E-state index in [1.165, 1.54) is 6.20 Å². The number of rotatable bonds is 1. The number of primary amides is 2. The fourth-order valence-corrected chi connectivity index (χ4v) is 0.729. The van der Waals surface area contributed by atoms with Crippen LogP contribution in [0.5, 0.6) is 0 Å². The van der Waals surface area contributed by atoms with E-state index in [1.807, 2.05) is 0 Å². The molecule has 0 atom stereocenters. The molecule has 86 valence electrons. The Hall–Kier alpha value is -2.29. The number of hydrogen-bond donors (Lipinski definition) is 2. The van der Waals surface area contributed by atoms with Crippen molar-refractivity contribution in [1.82, 2.24) is 4.98 Å². The summed E-state index contributed by atoms with van der Waals surface area (Å²) in [6, 6.07) is 3.82. The zero-order valence-corrected chi connectivity index (χ0v) is 8.72. The van der Waals surface area contributed by atoms with Crippen LogP contribution in [0.3, 0.4) is 0 Å². The van der Waals surface area contributed by atoms with Crippen molar-refractivity contribution in [2.24, 2.45) is 15.8 Å².